The quantitative estimate of drug-likeness (QED) is 0.193. The van der Waals surface area contributed by atoms with Crippen LogP contribution in [0.1, 0.15) is 59.4 Å². The lowest BCUT2D eigenvalue weighted by Crippen LogP contribution is -2.38. The summed E-state index contributed by atoms with van der Waals surface area (Å²) in [4.78, 5) is 45.9. The number of carbonyl (C=O) groups excluding carboxylic acids is 2. The summed E-state index contributed by atoms with van der Waals surface area (Å²) in [6.45, 7) is 7.86. The van der Waals surface area contributed by atoms with Gasteiger partial charge in [-0.25, -0.2) is 9.97 Å². The summed E-state index contributed by atoms with van der Waals surface area (Å²) in [6, 6.07) is 26.0. The average Bonchev–Trinajstić information content (AvgIpc) is 3.11. The maximum absolute atomic E-state index is 14.6. The largest absolute Gasteiger partial charge is 0.340 e. The first-order chi connectivity index (χ1) is 23.2. The van der Waals surface area contributed by atoms with Crippen molar-refractivity contribution < 1.29 is 9.59 Å². The molecule has 0 radical (unpaired) electrons. The minimum Gasteiger partial charge on any atom is -0.340 e. The van der Waals surface area contributed by atoms with Gasteiger partial charge in [0.2, 0.25) is 11.9 Å². The van der Waals surface area contributed by atoms with E-state index in [0.29, 0.717) is 55.6 Å². The van der Waals surface area contributed by atoms with E-state index in [1.807, 2.05) is 88.5 Å². The molecular weight excluding hydrogens is 620 g/mol. The summed E-state index contributed by atoms with van der Waals surface area (Å²) < 4.78 is 0. The Morgan fingerprint density at radius 2 is 1.60 bits per heavy atom. The van der Waals surface area contributed by atoms with Crippen LogP contribution in [0.15, 0.2) is 85.1 Å². The van der Waals surface area contributed by atoms with Crippen LogP contribution >= 0.6 is 11.6 Å². The molecule has 2 amide bonds. The third-order valence-corrected chi connectivity index (χ3v) is 8.99. The van der Waals surface area contributed by atoms with Gasteiger partial charge in [0.25, 0.3) is 5.91 Å². The Labute approximate surface area is 290 Å². The molecule has 5 rings (SSSR count). The lowest BCUT2D eigenvalue weighted by Gasteiger charge is -2.29. The molecule has 0 spiro atoms. The van der Waals surface area contributed by atoms with Gasteiger partial charge < -0.3 is 19.6 Å². The molecule has 8 nitrogen and oxygen atoms in total. The van der Waals surface area contributed by atoms with Crippen molar-refractivity contribution in [3.05, 3.63) is 118 Å². The van der Waals surface area contributed by atoms with Crippen LogP contribution in [-0.2, 0) is 30.7 Å². The minimum atomic E-state index is -0.104. The molecule has 0 aliphatic carbocycles. The molecule has 0 bridgehead atoms. The second kappa shape index (κ2) is 16.7. The van der Waals surface area contributed by atoms with Crippen LogP contribution < -0.4 is 9.80 Å². The number of aromatic nitrogens is 2. The van der Waals surface area contributed by atoms with Gasteiger partial charge in [0.1, 0.15) is 0 Å². The van der Waals surface area contributed by atoms with Gasteiger partial charge in [-0.05, 0) is 73.7 Å². The van der Waals surface area contributed by atoms with E-state index in [2.05, 4.69) is 37.9 Å². The highest BCUT2D eigenvalue weighted by Crippen LogP contribution is 2.26. The molecule has 0 saturated heterocycles. The van der Waals surface area contributed by atoms with Gasteiger partial charge in [-0.2, -0.15) is 0 Å². The van der Waals surface area contributed by atoms with Crippen molar-refractivity contribution in [2.24, 2.45) is 5.92 Å². The smallest absolute Gasteiger partial charge is 0.257 e. The highest BCUT2D eigenvalue weighted by atomic mass is 35.5. The number of rotatable bonds is 9. The van der Waals surface area contributed by atoms with Crippen molar-refractivity contribution >= 4 is 35.1 Å². The van der Waals surface area contributed by atoms with E-state index < -0.39 is 0 Å². The second-order valence-corrected chi connectivity index (χ2v) is 13.6. The zero-order valence-corrected chi connectivity index (χ0v) is 29.4. The van der Waals surface area contributed by atoms with Gasteiger partial charge in [0.05, 0.1) is 11.3 Å². The molecule has 1 aliphatic rings. The standard InChI is InChI=1S/C39H47ClN6O2/c1-29(2)25-37(47)46-22-10-21-43(3)23-24-45(28-32-13-8-9-14-36(32)46)38(48)34-26-41-39(44(4)27-31-15-18-33(40)19-16-31)42-35(34)20-17-30-11-6-5-7-12-30/h5-9,11-16,18-19,26,29H,10,17,20-25,27-28H2,1-4H3. The summed E-state index contributed by atoms with van der Waals surface area (Å²) in [5, 5.41) is 0.693. The third-order valence-electron chi connectivity index (χ3n) is 8.74. The number of halogens is 1. The lowest BCUT2D eigenvalue weighted by atomic mass is 10.0. The van der Waals surface area contributed by atoms with Crippen LogP contribution in [-0.4, -0.2) is 71.9 Å². The van der Waals surface area contributed by atoms with E-state index in [0.717, 1.165) is 48.4 Å². The Morgan fingerprint density at radius 1 is 0.875 bits per heavy atom. The predicted octanol–water partition coefficient (Wildman–Crippen LogP) is 6.91. The van der Waals surface area contributed by atoms with Gasteiger partial charge in [-0.1, -0.05) is 86.1 Å². The Bertz CT molecular complexity index is 1660. The van der Waals surface area contributed by atoms with E-state index in [4.69, 9.17) is 21.6 Å². The van der Waals surface area contributed by atoms with Crippen molar-refractivity contribution in [2.45, 2.75) is 52.6 Å². The van der Waals surface area contributed by atoms with Crippen LogP contribution in [0, 0.1) is 5.92 Å². The lowest BCUT2D eigenvalue weighted by molar-refractivity contribution is -0.119. The highest BCUT2D eigenvalue weighted by molar-refractivity contribution is 6.30. The molecule has 0 saturated carbocycles. The molecule has 1 aliphatic heterocycles. The number of hydrogen-bond donors (Lipinski definition) is 0. The number of para-hydroxylation sites is 1. The topological polar surface area (TPSA) is 72.9 Å². The van der Waals surface area contributed by atoms with Gasteiger partial charge in [-0.3, -0.25) is 9.59 Å². The summed E-state index contributed by atoms with van der Waals surface area (Å²) in [7, 11) is 4.03. The number of carbonyl (C=O) groups is 2. The van der Waals surface area contributed by atoms with Crippen LogP contribution in [0.5, 0.6) is 0 Å². The zero-order valence-electron chi connectivity index (χ0n) is 28.6. The van der Waals surface area contributed by atoms with Gasteiger partial charge >= 0.3 is 0 Å². The second-order valence-electron chi connectivity index (χ2n) is 13.2. The molecule has 0 atom stereocenters. The van der Waals surface area contributed by atoms with Gasteiger partial charge in [0.15, 0.2) is 0 Å². The number of likely N-dealkylation sites (N-methyl/N-ethyl adjacent to an activating group) is 1. The Hall–Kier alpha value is -4.27. The number of benzene rings is 3. The first-order valence-corrected chi connectivity index (χ1v) is 17.3. The first-order valence-electron chi connectivity index (χ1n) is 16.9. The van der Waals surface area contributed by atoms with Gasteiger partial charge in [-0.15, -0.1) is 0 Å². The number of fused-ring (bicyclic) bond motifs is 1. The molecular formula is C39H47ClN6O2. The molecule has 3 aromatic carbocycles. The van der Waals surface area contributed by atoms with Crippen LogP contribution in [0.3, 0.4) is 0 Å². The van der Waals surface area contributed by atoms with Crippen molar-refractivity contribution in [3.63, 3.8) is 0 Å². The maximum Gasteiger partial charge on any atom is 0.257 e. The van der Waals surface area contributed by atoms with Crippen molar-refractivity contribution in [3.8, 4) is 0 Å². The molecule has 1 aromatic heterocycles. The summed E-state index contributed by atoms with van der Waals surface area (Å²) >= 11 is 6.11. The van der Waals surface area contributed by atoms with E-state index >= 15 is 0 Å². The Balaban J connectivity index is 1.48. The fourth-order valence-electron chi connectivity index (χ4n) is 6.08. The molecule has 48 heavy (non-hydrogen) atoms. The van der Waals surface area contributed by atoms with Crippen molar-refractivity contribution in [2.75, 3.05) is 50.1 Å². The number of nitrogens with zero attached hydrogens (tertiary/aromatic N) is 6. The summed E-state index contributed by atoms with van der Waals surface area (Å²) in [5.41, 5.74) is 5.34. The first kappa shape index (κ1) is 35.0. The maximum atomic E-state index is 14.6. The molecule has 4 aromatic rings. The fourth-order valence-corrected chi connectivity index (χ4v) is 6.20. The monoisotopic (exact) mass is 666 g/mol. The van der Waals surface area contributed by atoms with Gasteiger partial charge in [0, 0.05) is 63.1 Å². The number of hydrogen-bond acceptors (Lipinski definition) is 6. The molecule has 0 unspecified atom stereocenters. The number of aryl methyl sites for hydroxylation is 2. The SMILES string of the molecule is CC(C)CC(=O)N1CCCN(C)CCN(C(=O)c2cnc(N(C)Cc3ccc(Cl)cc3)nc2CCc2ccccc2)Cc2ccccc21. The van der Waals surface area contributed by atoms with Crippen LogP contribution in [0.2, 0.25) is 5.02 Å². The predicted molar refractivity (Wildman–Crippen MR) is 195 cm³/mol. The van der Waals surface area contributed by atoms with E-state index in [1.165, 1.54) is 5.56 Å². The third kappa shape index (κ3) is 9.42. The Morgan fingerprint density at radius 3 is 2.35 bits per heavy atom. The molecule has 0 fully saturated rings. The number of amides is 2. The fraction of sp³-hybridized carbons (Fsp3) is 0.385. The highest BCUT2D eigenvalue weighted by Gasteiger charge is 2.26. The number of anilines is 2. The molecule has 2 heterocycles. The zero-order chi connectivity index (χ0) is 34.0. The van der Waals surface area contributed by atoms with E-state index in [1.54, 1.807) is 6.20 Å². The van der Waals surface area contributed by atoms with E-state index in [-0.39, 0.29) is 17.7 Å². The molecule has 9 heteroatoms. The normalized spacial score (nSPS) is 14.4. The van der Waals surface area contributed by atoms with E-state index in [9.17, 15) is 9.59 Å². The summed E-state index contributed by atoms with van der Waals surface area (Å²) in [6.07, 6.45) is 4.37. The van der Waals surface area contributed by atoms with Crippen LogP contribution in [0.4, 0.5) is 11.6 Å². The summed E-state index contributed by atoms with van der Waals surface area (Å²) in [5.74, 6) is 0.831. The Kier molecular flexibility index (Phi) is 12.2. The molecule has 252 valence electrons. The molecule has 0 N–H and O–H groups in total. The van der Waals surface area contributed by atoms with Crippen LogP contribution in [0.25, 0.3) is 0 Å². The van der Waals surface area contributed by atoms with Crippen molar-refractivity contribution in [1.82, 2.24) is 19.8 Å². The minimum absolute atomic E-state index is 0.104. The van der Waals surface area contributed by atoms with Crippen molar-refractivity contribution in [1.29, 1.82) is 0 Å². The average molecular weight is 667 g/mol.